The van der Waals surface area contributed by atoms with Crippen LogP contribution in [0.1, 0.15) is 24.5 Å². The summed E-state index contributed by atoms with van der Waals surface area (Å²) < 4.78 is 37.4. The molecule has 0 spiro atoms. The van der Waals surface area contributed by atoms with E-state index in [0.29, 0.717) is 29.1 Å². The van der Waals surface area contributed by atoms with Gasteiger partial charge in [-0.25, -0.2) is 0 Å². The van der Waals surface area contributed by atoms with E-state index in [1.54, 1.807) is 12.1 Å². The maximum absolute atomic E-state index is 12.5. The molecular weight excluding hydrogens is 291 g/mol. The van der Waals surface area contributed by atoms with Crippen LogP contribution in [0.15, 0.2) is 18.2 Å². The Bertz CT molecular complexity index is 474. The smallest absolute Gasteiger partial charge is 0.384 e. The van der Waals surface area contributed by atoms with Crippen LogP contribution in [-0.4, -0.2) is 30.0 Å². The topological polar surface area (TPSA) is 53.1 Å². The number of halogens is 4. The summed E-state index contributed by atoms with van der Waals surface area (Å²) in [6.45, 7) is 1.31. The van der Waals surface area contributed by atoms with Gasteiger partial charge in [0.15, 0.2) is 0 Å². The molecule has 0 aliphatic carbocycles. The van der Waals surface area contributed by atoms with Gasteiger partial charge in [0.25, 0.3) is 0 Å². The van der Waals surface area contributed by atoms with Gasteiger partial charge in [-0.05, 0) is 24.6 Å². The van der Waals surface area contributed by atoms with Gasteiger partial charge in [-0.2, -0.15) is 13.2 Å². The third-order valence-electron chi connectivity index (χ3n) is 2.70. The second kappa shape index (κ2) is 6.95. The van der Waals surface area contributed by atoms with Crippen LogP contribution in [0, 0.1) is 5.41 Å². The fourth-order valence-corrected chi connectivity index (χ4v) is 2.11. The van der Waals surface area contributed by atoms with Gasteiger partial charge in [0.05, 0.1) is 6.54 Å². The number of hydrogen-bond acceptors (Lipinski definition) is 2. The molecule has 112 valence electrons. The number of benzene rings is 1. The largest absolute Gasteiger partial charge is 0.401 e. The third-order valence-corrected chi connectivity index (χ3v) is 3.05. The molecule has 0 amide bonds. The molecule has 0 heterocycles. The number of rotatable bonds is 6. The van der Waals surface area contributed by atoms with Crippen LogP contribution in [0.2, 0.25) is 5.02 Å². The highest BCUT2D eigenvalue weighted by Crippen LogP contribution is 2.22. The summed E-state index contributed by atoms with van der Waals surface area (Å²) in [5.41, 5.74) is 6.38. The van der Waals surface area contributed by atoms with Crippen LogP contribution in [0.4, 0.5) is 13.2 Å². The number of alkyl halides is 3. The molecule has 0 aliphatic heterocycles. The van der Waals surface area contributed by atoms with Gasteiger partial charge in [-0.1, -0.05) is 30.7 Å². The van der Waals surface area contributed by atoms with Crippen molar-refractivity contribution >= 4 is 17.4 Å². The van der Waals surface area contributed by atoms with Crippen molar-refractivity contribution in [1.82, 2.24) is 4.90 Å². The molecule has 0 aromatic heterocycles. The summed E-state index contributed by atoms with van der Waals surface area (Å²) in [5, 5.41) is 7.61. The number of amidine groups is 1. The van der Waals surface area contributed by atoms with Gasteiger partial charge in [0.2, 0.25) is 0 Å². The number of nitrogens with two attached hydrogens (primary N) is 1. The Kier molecular flexibility index (Phi) is 5.83. The molecule has 0 bridgehead atoms. The van der Waals surface area contributed by atoms with Crippen molar-refractivity contribution in [2.45, 2.75) is 26.1 Å². The predicted octanol–water partition coefficient (Wildman–Crippen LogP) is 3.40. The second-order valence-electron chi connectivity index (χ2n) is 4.55. The Balaban J connectivity index is 2.85. The average molecular weight is 308 g/mol. The molecule has 3 nitrogen and oxygen atoms in total. The van der Waals surface area contributed by atoms with E-state index in [2.05, 4.69) is 0 Å². The van der Waals surface area contributed by atoms with Crippen LogP contribution in [-0.2, 0) is 6.54 Å². The van der Waals surface area contributed by atoms with Gasteiger partial charge >= 0.3 is 6.18 Å². The zero-order valence-electron chi connectivity index (χ0n) is 11.1. The van der Waals surface area contributed by atoms with Crippen LogP contribution in [0.3, 0.4) is 0 Å². The summed E-state index contributed by atoms with van der Waals surface area (Å²) in [4.78, 5) is 1.30. The van der Waals surface area contributed by atoms with E-state index in [4.69, 9.17) is 22.7 Å². The lowest BCUT2D eigenvalue weighted by Crippen LogP contribution is -2.34. The Morgan fingerprint density at radius 2 is 2.05 bits per heavy atom. The Morgan fingerprint density at radius 3 is 2.50 bits per heavy atom. The summed E-state index contributed by atoms with van der Waals surface area (Å²) in [5.74, 6) is -0.126. The van der Waals surface area contributed by atoms with E-state index >= 15 is 0 Å². The predicted molar refractivity (Wildman–Crippen MR) is 74.1 cm³/mol. The lowest BCUT2D eigenvalue weighted by atomic mass is 10.1. The molecule has 0 saturated heterocycles. The van der Waals surface area contributed by atoms with Gasteiger partial charge in [0.1, 0.15) is 5.84 Å². The molecule has 0 unspecified atom stereocenters. The second-order valence-corrected chi connectivity index (χ2v) is 4.95. The SMILES string of the molecule is CCCN(Cc1ccc(C(=N)N)cc1Cl)CC(F)(F)F. The van der Waals surface area contributed by atoms with Gasteiger partial charge in [-0.15, -0.1) is 0 Å². The lowest BCUT2D eigenvalue weighted by Gasteiger charge is -2.23. The first kappa shape index (κ1) is 16.8. The van der Waals surface area contributed by atoms with Crippen molar-refractivity contribution in [1.29, 1.82) is 5.41 Å². The first-order valence-corrected chi connectivity index (χ1v) is 6.52. The van der Waals surface area contributed by atoms with Crippen molar-refractivity contribution < 1.29 is 13.2 Å². The minimum absolute atomic E-state index is 0.115. The molecule has 0 radical (unpaired) electrons. The van der Waals surface area contributed by atoms with Crippen molar-refractivity contribution in [3.8, 4) is 0 Å². The van der Waals surface area contributed by atoms with Crippen molar-refractivity contribution in [3.05, 3.63) is 34.3 Å². The highest BCUT2D eigenvalue weighted by molar-refractivity contribution is 6.31. The van der Waals surface area contributed by atoms with Crippen LogP contribution >= 0.6 is 11.6 Å². The quantitative estimate of drug-likeness (QED) is 0.625. The summed E-state index contributed by atoms with van der Waals surface area (Å²) in [6, 6.07) is 4.69. The Hall–Kier alpha value is -1.27. The molecule has 1 rings (SSSR count). The van der Waals surface area contributed by atoms with Crippen LogP contribution < -0.4 is 5.73 Å². The van der Waals surface area contributed by atoms with E-state index in [9.17, 15) is 13.2 Å². The van der Waals surface area contributed by atoms with Crippen molar-refractivity contribution in [2.75, 3.05) is 13.1 Å². The molecule has 0 aliphatic rings. The van der Waals surface area contributed by atoms with E-state index in [1.165, 1.54) is 11.0 Å². The highest BCUT2D eigenvalue weighted by atomic mass is 35.5. The molecule has 0 saturated carbocycles. The third kappa shape index (κ3) is 5.38. The number of hydrogen-bond donors (Lipinski definition) is 2. The normalized spacial score (nSPS) is 11.9. The van der Waals surface area contributed by atoms with Crippen molar-refractivity contribution in [2.24, 2.45) is 5.73 Å². The Morgan fingerprint density at radius 1 is 1.40 bits per heavy atom. The molecule has 1 aromatic rings. The maximum Gasteiger partial charge on any atom is 0.401 e. The Labute approximate surface area is 121 Å². The van der Waals surface area contributed by atoms with Crippen LogP contribution in [0.25, 0.3) is 0 Å². The summed E-state index contributed by atoms with van der Waals surface area (Å²) in [6.07, 6.45) is -3.61. The lowest BCUT2D eigenvalue weighted by molar-refractivity contribution is -0.147. The van der Waals surface area contributed by atoms with Gasteiger partial charge < -0.3 is 5.73 Å². The standard InChI is InChI=1S/C13H17ClF3N3/c1-2-5-20(8-13(15,16)17)7-10-4-3-9(12(18)19)6-11(10)14/h3-4,6H,2,5,7-8H2,1H3,(H3,18,19). The number of nitrogen functional groups attached to an aromatic ring is 1. The zero-order chi connectivity index (χ0) is 15.3. The molecular formula is C13H17ClF3N3. The molecule has 0 atom stereocenters. The van der Waals surface area contributed by atoms with E-state index in [-0.39, 0.29) is 12.4 Å². The van der Waals surface area contributed by atoms with Gasteiger partial charge in [-0.3, -0.25) is 10.3 Å². The molecule has 1 aromatic carbocycles. The van der Waals surface area contributed by atoms with Gasteiger partial charge in [0, 0.05) is 17.1 Å². The number of nitrogens with one attached hydrogen (secondary N) is 1. The van der Waals surface area contributed by atoms with Crippen LogP contribution in [0.5, 0.6) is 0 Å². The molecule has 0 fully saturated rings. The minimum Gasteiger partial charge on any atom is -0.384 e. The highest BCUT2D eigenvalue weighted by Gasteiger charge is 2.30. The minimum atomic E-state index is -4.24. The monoisotopic (exact) mass is 307 g/mol. The molecule has 7 heteroatoms. The number of nitrogens with zero attached hydrogens (tertiary/aromatic N) is 1. The maximum atomic E-state index is 12.5. The fourth-order valence-electron chi connectivity index (χ4n) is 1.87. The van der Waals surface area contributed by atoms with E-state index in [0.717, 1.165) is 0 Å². The fraction of sp³-hybridized carbons (Fsp3) is 0.462. The average Bonchev–Trinajstić information content (AvgIpc) is 2.29. The first-order chi connectivity index (χ1) is 9.23. The zero-order valence-corrected chi connectivity index (χ0v) is 11.9. The van der Waals surface area contributed by atoms with E-state index < -0.39 is 12.7 Å². The summed E-state index contributed by atoms with van der Waals surface area (Å²) >= 11 is 6.03. The van der Waals surface area contributed by atoms with E-state index in [1.807, 2.05) is 6.92 Å². The molecule has 3 N–H and O–H groups in total. The molecule has 20 heavy (non-hydrogen) atoms. The summed E-state index contributed by atoms with van der Waals surface area (Å²) in [7, 11) is 0. The van der Waals surface area contributed by atoms with Crippen molar-refractivity contribution in [3.63, 3.8) is 0 Å². The first-order valence-electron chi connectivity index (χ1n) is 6.15.